The van der Waals surface area contributed by atoms with Gasteiger partial charge in [-0.1, -0.05) is 40.5 Å². The van der Waals surface area contributed by atoms with Crippen molar-refractivity contribution < 1.29 is 0 Å². The van der Waals surface area contributed by atoms with Crippen molar-refractivity contribution in [3.05, 3.63) is 16.7 Å². The molecule has 0 fully saturated rings. The lowest BCUT2D eigenvalue weighted by molar-refractivity contribution is 0.322. The number of aromatic nitrogens is 2. The number of nitrogens with zero attached hydrogens (tertiary/aromatic N) is 1. The van der Waals surface area contributed by atoms with Gasteiger partial charge < -0.3 is 9.55 Å². The molecule has 1 aromatic heterocycles. The van der Waals surface area contributed by atoms with Gasteiger partial charge in [-0.05, 0) is 31.0 Å². The zero-order valence-electron chi connectivity index (χ0n) is 11.1. The maximum Gasteiger partial charge on any atom is 0.177 e. The van der Waals surface area contributed by atoms with E-state index in [-0.39, 0.29) is 0 Å². The van der Waals surface area contributed by atoms with Gasteiger partial charge in [0.15, 0.2) is 4.77 Å². The van der Waals surface area contributed by atoms with E-state index in [4.69, 9.17) is 12.2 Å². The van der Waals surface area contributed by atoms with Gasteiger partial charge in [0.05, 0.1) is 0 Å². The summed E-state index contributed by atoms with van der Waals surface area (Å²) in [5.41, 5.74) is 1.32. The second kappa shape index (κ2) is 5.67. The maximum absolute atomic E-state index is 5.39. The second-order valence-corrected chi connectivity index (χ2v) is 5.25. The number of aromatic amines is 1. The molecule has 1 rings (SSSR count). The summed E-state index contributed by atoms with van der Waals surface area (Å²) >= 11 is 5.39. The molecular weight excluding hydrogens is 216 g/mol. The van der Waals surface area contributed by atoms with E-state index in [1.165, 1.54) is 18.5 Å². The van der Waals surface area contributed by atoms with Crippen LogP contribution >= 0.6 is 12.2 Å². The average Bonchev–Trinajstić information content (AvgIpc) is 2.61. The number of hydrogen-bond acceptors (Lipinski definition) is 1. The summed E-state index contributed by atoms with van der Waals surface area (Å²) in [5, 5.41) is 0. The first kappa shape index (κ1) is 13.5. The SMILES string of the molecule is CCC(CC)C(C)n1c(C(C)C)c[nH]c1=S. The zero-order chi connectivity index (χ0) is 12.3. The van der Waals surface area contributed by atoms with Gasteiger partial charge in [0.2, 0.25) is 0 Å². The van der Waals surface area contributed by atoms with Gasteiger partial charge in [0.25, 0.3) is 0 Å². The van der Waals surface area contributed by atoms with E-state index in [2.05, 4.69) is 50.4 Å². The topological polar surface area (TPSA) is 20.7 Å². The molecule has 1 unspecified atom stereocenters. The molecule has 0 aromatic carbocycles. The molecule has 1 atom stereocenters. The van der Waals surface area contributed by atoms with Crippen molar-refractivity contribution in [3.8, 4) is 0 Å². The van der Waals surface area contributed by atoms with Crippen LogP contribution in [-0.4, -0.2) is 9.55 Å². The molecule has 0 aliphatic rings. The van der Waals surface area contributed by atoms with E-state index in [0.717, 1.165) is 4.77 Å². The maximum atomic E-state index is 5.39. The van der Waals surface area contributed by atoms with Crippen molar-refractivity contribution >= 4 is 12.2 Å². The first-order valence-corrected chi connectivity index (χ1v) is 6.73. The highest BCUT2D eigenvalue weighted by Gasteiger charge is 2.19. The Morgan fingerprint density at radius 3 is 2.25 bits per heavy atom. The fourth-order valence-electron chi connectivity index (χ4n) is 2.44. The van der Waals surface area contributed by atoms with Gasteiger partial charge in [0.1, 0.15) is 0 Å². The molecule has 2 nitrogen and oxygen atoms in total. The zero-order valence-corrected chi connectivity index (χ0v) is 11.9. The molecule has 0 bridgehead atoms. The first-order chi connectivity index (χ1) is 7.52. The highest BCUT2D eigenvalue weighted by molar-refractivity contribution is 7.71. The average molecular weight is 240 g/mol. The standard InChI is InChI=1S/C13H24N2S/c1-6-11(7-2)10(5)15-12(9(3)4)8-14-13(15)16/h8-11H,6-7H2,1-5H3,(H,14,16). The Morgan fingerprint density at radius 1 is 1.25 bits per heavy atom. The summed E-state index contributed by atoms with van der Waals surface area (Å²) < 4.78 is 3.17. The molecule has 1 heterocycles. The summed E-state index contributed by atoms with van der Waals surface area (Å²) in [7, 11) is 0. The predicted molar refractivity (Wildman–Crippen MR) is 72.5 cm³/mol. The van der Waals surface area contributed by atoms with Gasteiger partial charge in [-0.2, -0.15) is 0 Å². The van der Waals surface area contributed by atoms with Crippen LogP contribution in [0.4, 0.5) is 0 Å². The third kappa shape index (κ3) is 2.57. The minimum absolute atomic E-state index is 0.492. The van der Waals surface area contributed by atoms with E-state index in [9.17, 15) is 0 Å². The van der Waals surface area contributed by atoms with E-state index in [1.54, 1.807) is 0 Å². The molecule has 16 heavy (non-hydrogen) atoms. The highest BCUT2D eigenvalue weighted by Crippen LogP contribution is 2.28. The van der Waals surface area contributed by atoms with Crippen molar-refractivity contribution in [3.63, 3.8) is 0 Å². The molecule has 92 valence electrons. The van der Waals surface area contributed by atoms with E-state index in [0.29, 0.717) is 17.9 Å². The quantitative estimate of drug-likeness (QED) is 0.742. The van der Waals surface area contributed by atoms with Crippen molar-refractivity contribution in [2.75, 3.05) is 0 Å². The Balaban J connectivity index is 3.11. The molecule has 0 aliphatic carbocycles. The summed E-state index contributed by atoms with van der Waals surface area (Å²) in [4.78, 5) is 3.18. The molecule has 0 amide bonds. The number of imidazole rings is 1. The van der Waals surface area contributed by atoms with Crippen LogP contribution in [0.1, 0.15) is 65.1 Å². The summed E-state index contributed by atoms with van der Waals surface area (Å²) in [5.74, 6) is 1.23. The monoisotopic (exact) mass is 240 g/mol. The van der Waals surface area contributed by atoms with Gasteiger partial charge in [-0.15, -0.1) is 0 Å². The fourth-order valence-corrected chi connectivity index (χ4v) is 2.77. The first-order valence-electron chi connectivity index (χ1n) is 6.32. The summed E-state index contributed by atoms with van der Waals surface area (Å²) in [6.07, 6.45) is 4.48. The molecule has 1 aromatic rings. The van der Waals surface area contributed by atoms with Crippen LogP contribution in [0.5, 0.6) is 0 Å². The highest BCUT2D eigenvalue weighted by atomic mass is 32.1. The van der Waals surface area contributed by atoms with Crippen LogP contribution in [-0.2, 0) is 0 Å². The van der Waals surface area contributed by atoms with Crippen molar-refractivity contribution in [1.29, 1.82) is 0 Å². The van der Waals surface area contributed by atoms with E-state index in [1.807, 2.05) is 0 Å². The Hall–Kier alpha value is -0.570. The molecule has 0 aliphatic heterocycles. The largest absolute Gasteiger partial charge is 0.337 e. The lowest BCUT2D eigenvalue weighted by atomic mass is 9.94. The number of rotatable bonds is 5. The normalized spacial score (nSPS) is 13.7. The Labute approximate surface area is 104 Å². The Bertz CT molecular complexity index is 372. The number of nitrogens with one attached hydrogen (secondary N) is 1. The minimum atomic E-state index is 0.492. The van der Waals surface area contributed by atoms with Crippen LogP contribution in [0.15, 0.2) is 6.20 Å². The van der Waals surface area contributed by atoms with Crippen LogP contribution in [0.25, 0.3) is 0 Å². The fraction of sp³-hybridized carbons (Fsp3) is 0.769. The minimum Gasteiger partial charge on any atom is -0.337 e. The molecule has 3 heteroatoms. The lowest BCUT2D eigenvalue weighted by Gasteiger charge is -2.25. The van der Waals surface area contributed by atoms with Crippen molar-refractivity contribution in [2.24, 2.45) is 5.92 Å². The molecule has 1 N–H and O–H groups in total. The van der Waals surface area contributed by atoms with Crippen molar-refractivity contribution in [2.45, 2.75) is 59.4 Å². The molecule has 0 radical (unpaired) electrons. The third-order valence-electron chi connectivity index (χ3n) is 3.57. The third-order valence-corrected chi connectivity index (χ3v) is 3.88. The number of H-pyrrole nitrogens is 1. The molecule has 0 saturated carbocycles. The van der Waals surface area contributed by atoms with Crippen LogP contribution in [0.2, 0.25) is 0 Å². The Kier molecular flexibility index (Phi) is 4.78. The van der Waals surface area contributed by atoms with Crippen LogP contribution in [0.3, 0.4) is 0 Å². The van der Waals surface area contributed by atoms with Gasteiger partial charge in [0, 0.05) is 17.9 Å². The molecule has 0 saturated heterocycles. The number of hydrogen-bond donors (Lipinski definition) is 1. The second-order valence-electron chi connectivity index (χ2n) is 4.86. The van der Waals surface area contributed by atoms with Gasteiger partial charge in [-0.3, -0.25) is 0 Å². The molecule has 0 spiro atoms. The lowest BCUT2D eigenvalue weighted by Crippen LogP contribution is -2.18. The van der Waals surface area contributed by atoms with Crippen molar-refractivity contribution in [1.82, 2.24) is 9.55 Å². The van der Waals surface area contributed by atoms with E-state index < -0.39 is 0 Å². The van der Waals surface area contributed by atoms with Crippen LogP contribution < -0.4 is 0 Å². The summed E-state index contributed by atoms with van der Waals surface area (Å²) in [6.45, 7) is 11.2. The van der Waals surface area contributed by atoms with E-state index >= 15 is 0 Å². The van der Waals surface area contributed by atoms with Gasteiger partial charge >= 0.3 is 0 Å². The smallest absolute Gasteiger partial charge is 0.177 e. The molecular formula is C13H24N2S. The van der Waals surface area contributed by atoms with Crippen LogP contribution in [0, 0.1) is 10.7 Å². The Morgan fingerprint density at radius 2 is 1.81 bits per heavy atom. The van der Waals surface area contributed by atoms with Gasteiger partial charge in [-0.25, -0.2) is 0 Å². The summed E-state index contributed by atoms with van der Waals surface area (Å²) in [6, 6.07) is 0.492. The predicted octanol–water partition coefficient (Wildman–Crippen LogP) is 4.67.